The predicted molar refractivity (Wildman–Crippen MR) is 96.5 cm³/mol. The fourth-order valence-corrected chi connectivity index (χ4v) is 3.26. The molecule has 0 aliphatic heterocycles. The first-order chi connectivity index (χ1) is 12.2. The number of nitrogens with one attached hydrogen (secondary N) is 1. The maximum Gasteiger partial charge on any atom is 0.260 e. The van der Waals surface area contributed by atoms with Crippen molar-refractivity contribution in [2.75, 3.05) is 0 Å². The molecule has 0 bridgehead atoms. The normalized spacial score (nSPS) is 15.8. The van der Waals surface area contributed by atoms with Gasteiger partial charge in [-0.15, -0.1) is 0 Å². The average Bonchev–Trinajstić information content (AvgIpc) is 2.98. The van der Waals surface area contributed by atoms with Crippen LogP contribution in [0.15, 0.2) is 15.4 Å². The van der Waals surface area contributed by atoms with Gasteiger partial charge < -0.3 is 20.1 Å². The number of hydrogen-bond donors (Lipinski definition) is 2. The van der Waals surface area contributed by atoms with E-state index in [4.69, 9.17) is 10.3 Å². The highest BCUT2D eigenvalue weighted by Gasteiger charge is 2.39. The molecule has 1 aliphatic carbocycles. The second-order valence-corrected chi connectivity index (χ2v) is 7.37. The van der Waals surface area contributed by atoms with Crippen LogP contribution in [0.3, 0.4) is 0 Å². The molecule has 2 heterocycles. The summed E-state index contributed by atoms with van der Waals surface area (Å²) in [4.78, 5) is 29.0. The van der Waals surface area contributed by atoms with Crippen molar-refractivity contribution in [3.63, 3.8) is 0 Å². The highest BCUT2D eigenvalue weighted by Crippen LogP contribution is 2.38. The molecular formula is C18H25N5O3. The van der Waals surface area contributed by atoms with Gasteiger partial charge in [-0.3, -0.25) is 9.59 Å². The van der Waals surface area contributed by atoms with Crippen molar-refractivity contribution in [3.05, 3.63) is 33.5 Å². The van der Waals surface area contributed by atoms with E-state index in [-0.39, 0.29) is 24.1 Å². The Bertz CT molecular complexity index is 893. The Hall–Kier alpha value is -2.48. The summed E-state index contributed by atoms with van der Waals surface area (Å²) in [6.07, 6.45) is 2.71. The predicted octanol–water partition coefficient (Wildman–Crippen LogP) is 1.38. The third kappa shape index (κ3) is 3.29. The molecule has 3 N–H and O–H groups in total. The van der Waals surface area contributed by atoms with Crippen LogP contribution in [0.25, 0.3) is 11.5 Å². The molecule has 0 atom stereocenters. The molecule has 8 heteroatoms. The van der Waals surface area contributed by atoms with Gasteiger partial charge >= 0.3 is 0 Å². The standard InChI is InChI=1S/C18H25N5O3/c1-10(2)20-13(24)9-23-12(4)15(11(3)8-14(23)25)16-21-17(22-26-16)18(19)6-5-7-18/h8,10H,5-7,9,19H2,1-4H3,(H,20,24). The van der Waals surface area contributed by atoms with Crippen LogP contribution in [0.5, 0.6) is 0 Å². The summed E-state index contributed by atoms with van der Waals surface area (Å²) in [6, 6.07) is 1.49. The Morgan fingerprint density at radius 1 is 1.42 bits per heavy atom. The van der Waals surface area contributed by atoms with Crippen molar-refractivity contribution in [3.8, 4) is 11.5 Å². The summed E-state index contributed by atoms with van der Waals surface area (Å²) in [5.74, 6) is 0.596. The monoisotopic (exact) mass is 359 g/mol. The smallest absolute Gasteiger partial charge is 0.260 e. The molecule has 140 valence electrons. The summed E-state index contributed by atoms with van der Waals surface area (Å²) in [7, 11) is 0. The second-order valence-electron chi connectivity index (χ2n) is 7.37. The van der Waals surface area contributed by atoms with Crippen molar-refractivity contribution in [2.45, 2.75) is 65.1 Å². The molecule has 1 fully saturated rings. The lowest BCUT2D eigenvalue weighted by Crippen LogP contribution is -2.44. The van der Waals surface area contributed by atoms with Crippen LogP contribution in [0.2, 0.25) is 0 Å². The lowest BCUT2D eigenvalue weighted by Gasteiger charge is -2.34. The Morgan fingerprint density at radius 3 is 2.69 bits per heavy atom. The van der Waals surface area contributed by atoms with Gasteiger partial charge in [-0.1, -0.05) is 5.16 Å². The van der Waals surface area contributed by atoms with E-state index in [9.17, 15) is 9.59 Å². The topological polar surface area (TPSA) is 116 Å². The van der Waals surface area contributed by atoms with E-state index in [0.717, 1.165) is 24.8 Å². The van der Waals surface area contributed by atoms with Gasteiger partial charge in [0.15, 0.2) is 5.82 Å². The SMILES string of the molecule is Cc1cc(=O)n(CC(=O)NC(C)C)c(C)c1-c1nc(C2(N)CCC2)no1. The minimum absolute atomic E-state index is 0.00476. The first-order valence-corrected chi connectivity index (χ1v) is 8.85. The fourth-order valence-electron chi connectivity index (χ4n) is 3.26. The van der Waals surface area contributed by atoms with Crippen LogP contribution >= 0.6 is 0 Å². The van der Waals surface area contributed by atoms with Crippen LogP contribution in [-0.4, -0.2) is 26.7 Å². The van der Waals surface area contributed by atoms with Crippen LogP contribution in [0, 0.1) is 13.8 Å². The van der Waals surface area contributed by atoms with Crippen molar-refractivity contribution < 1.29 is 9.32 Å². The highest BCUT2D eigenvalue weighted by atomic mass is 16.5. The van der Waals surface area contributed by atoms with Gasteiger partial charge in [0.2, 0.25) is 5.91 Å². The Balaban J connectivity index is 1.99. The van der Waals surface area contributed by atoms with E-state index < -0.39 is 5.54 Å². The Morgan fingerprint density at radius 2 is 2.12 bits per heavy atom. The molecular weight excluding hydrogens is 334 g/mol. The largest absolute Gasteiger partial charge is 0.352 e. The van der Waals surface area contributed by atoms with Gasteiger partial charge in [-0.2, -0.15) is 4.98 Å². The van der Waals surface area contributed by atoms with E-state index in [2.05, 4.69) is 15.5 Å². The minimum atomic E-state index is -0.519. The number of nitrogens with two attached hydrogens (primary N) is 1. The molecule has 0 saturated heterocycles. The first-order valence-electron chi connectivity index (χ1n) is 8.85. The van der Waals surface area contributed by atoms with E-state index in [1.807, 2.05) is 20.8 Å². The molecule has 2 aromatic rings. The molecule has 2 aromatic heterocycles. The summed E-state index contributed by atoms with van der Waals surface area (Å²) in [5, 5.41) is 6.84. The van der Waals surface area contributed by atoms with Gasteiger partial charge in [-0.25, -0.2) is 0 Å². The average molecular weight is 359 g/mol. The molecule has 1 saturated carbocycles. The zero-order valence-corrected chi connectivity index (χ0v) is 15.6. The van der Waals surface area contributed by atoms with Crippen molar-refractivity contribution >= 4 is 5.91 Å². The van der Waals surface area contributed by atoms with E-state index >= 15 is 0 Å². The summed E-state index contributed by atoms with van der Waals surface area (Å²) in [5.41, 5.74) is 7.52. The highest BCUT2D eigenvalue weighted by molar-refractivity contribution is 5.76. The number of carbonyl (C=O) groups is 1. The zero-order chi connectivity index (χ0) is 19.1. The lowest BCUT2D eigenvalue weighted by atomic mass is 9.77. The Labute approximate surface area is 151 Å². The first kappa shape index (κ1) is 18.3. The summed E-state index contributed by atoms with van der Waals surface area (Å²) in [6.45, 7) is 7.28. The number of aromatic nitrogens is 3. The number of hydrogen-bond acceptors (Lipinski definition) is 6. The molecule has 0 spiro atoms. The Kier molecular flexibility index (Phi) is 4.70. The molecule has 1 aliphatic rings. The molecule has 0 unspecified atom stereocenters. The lowest BCUT2D eigenvalue weighted by molar-refractivity contribution is -0.122. The maximum absolute atomic E-state index is 12.4. The summed E-state index contributed by atoms with van der Waals surface area (Å²) < 4.78 is 6.86. The molecule has 0 aromatic carbocycles. The van der Waals surface area contributed by atoms with Crippen LogP contribution in [0.4, 0.5) is 0 Å². The van der Waals surface area contributed by atoms with Gasteiger partial charge in [0.05, 0.1) is 11.1 Å². The van der Waals surface area contributed by atoms with Gasteiger partial charge in [0.25, 0.3) is 11.4 Å². The molecule has 0 radical (unpaired) electrons. The van der Waals surface area contributed by atoms with Crippen LogP contribution in [-0.2, 0) is 16.9 Å². The van der Waals surface area contributed by atoms with Gasteiger partial charge in [0, 0.05) is 17.8 Å². The second kappa shape index (κ2) is 6.68. The van der Waals surface area contributed by atoms with Crippen molar-refractivity contribution in [1.29, 1.82) is 0 Å². The number of pyridine rings is 1. The number of amides is 1. The maximum atomic E-state index is 12.4. The van der Waals surface area contributed by atoms with Gasteiger partial charge in [-0.05, 0) is 52.5 Å². The summed E-state index contributed by atoms with van der Waals surface area (Å²) >= 11 is 0. The number of nitrogens with zero attached hydrogens (tertiary/aromatic N) is 3. The van der Waals surface area contributed by atoms with E-state index in [0.29, 0.717) is 23.0 Å². The van der Waals surface area contributed by atoms with E-state index in [1.54, 1.807) is 6.92 Å². The van der Waals surface area contributed by atoms with Crippen molar-refractivity contribution in [2.24, 2.45) is 5.73 Å². The van der Waals surface area contributed by atoms with Gasteiger partial charge in [0.1, 0.15) is 6.54 Å². The van der Waals surface area contributed by atoms with Crippen LogP contribution < -0.4 is 16.6 Å². The van der Waals surface area contributed by atoms with Crippen molar-refractivity contribution in [1.82, 2.24) is 20.0 Å². The minimum Gasteiger partial charge on any atom is -0.352 e. The third-order valence-corrected chi connectivity index (χ3v) is 4.85. The van der Waals surface area contributed by atoms with Crippen LogP contribution in [0.1, 0.15) is 50.2 Å². The molecule has 8 nitrogen and oxygen atoms in total. The number of carbonyl (C=O) groups excluding carboxylic acids is 1. The number of rotatable bonds is 5. The molecule has 26 heavy (non-hydrogen) atoms. The third-order valence-electron chi connectivity index (χ3n) is 4.85. The quantitative estimate of drug-likeness (QED) is 0.833. The fraction of sp³-hybridized carbons (Fsp3) is 0.556. The molecule has 3 rings (SSSR count). The zero-order valence-electron chi connectivity index (χ0n) is 15.6. The number of aryl methyl sites for hydroxylation is 1. The van der Waals surface area contributed by atoms with E-state index in [1.165, 1.54) is 10.6 Å². The molecule has 1 amide bonds.